The zero-order valence-corrected chi connectivity index (χ0v) is 37.3. The Kier molecular flexibility index (Phi) is 10.9. The number of cyclic esters (lactones) is 2. The van der Waals surface area contributed by atoms with Crippen molar-refractivity contribution in [1.82, 2.24) is 9.55 Å². The highest BCUT2D eigenvalue weighted by Gasteiger charge is 2.56. The molecule has 11 atom stereocenters. The van der Waals surface area contributed by atoms with Crippen LogP contribution >= 0.6 is 0 Å². The Bertz CT molecular complexity index is 2910. The van der Waals surface area contributed by atoms with Crippen LogP contribution in [0.1, 0.15) is 65.7 Å². The Balaban J connectivity index is 0.000000166. The molecule has 8 heterocycles. The highest BCUT2D eigenvalue weighted by molar-refractivity contribution is 5.86. The predicted molar refractivity (Wildman–Crippen MR) is 233 cm³/mol. The molecule has 0 amide bonds. The Hall–Kier alpha value is -6.32. The normalized spacial score (nSPS) is 30.3. The first-order valence-electron chi connectivity index (χ1n) is 22.4. The van der Waals surface area contributed by atoms with Crippen molar-refractivity contribution in [2.45, 2.75) is 88.0 Å². The first-order chi connectivity index (χ1) is 32.8. The molecule has 0 saturated carbocycles. The average Bonchev–Trinajstić information content (AvgIpc) is 4.08. The van der Waals surface area contributed by atoms with Gasteiger partial charge in [-0.2, -0.15) is 0 Å². The first kappa shape index (κ1) is 44.2. The number of rotatable bonds is 6. The number of hydrogen-bond acceptors (Lipinski definition) is 18. The van der Waals surface area contributed by atoms with E-state index in [0.29, 0.717) is 51.6 Å². The number of carbonyl (C=O) groups excluding carboxylic acids is 2. The minimum Gasteiger partial charge on any atom is -0.502 e. The fourth-order valence-electron chi connectivity index (χ4n) is 10.7. The molecule has 3 saturated heterocycles. The third-order valence-corrected chi connectivity index (χ3v) is 14.2. The lowest BCUT2D eigenvalue weighted by atomic mass is 9.66. The molecular weight excluding hydrogens is 889 g/mol. The summed E-state index contributed by atoms with van der Waals surface area (Å²) < 4.78 is 58.2. The number of pyridine rings is 2. The minimum absolute atomic E-state index is 0.0301. The number of aromatic nitrogens is 2. The van der Waals surface area contributed by atoms with Crippen LogP contribution in [0.4, 0.5) is 0 Å². The van der Waals surface area contributed by atoms with Crippen LogP contribution in [-0.2, 0) is 56.8 Å². The predicted octanol–water partition coefficient (Wildman–Crippen LogP) is 3.42. The second kappa shape index (κ2) is 16.7. The fourth-order valence-corrected chi connectivity index (χ4v) is 10.7. The van der Waals surface area contributed by atoms with Gasteiger partial charge in [0.2, 0.25) is 12.5 Å². The number of esters is 2. The maximum Gasteiger partial charge on any atom is 0.343 e. The molecule has 2 aromatic heterocycles. The molecule has 4 N–H and O–H groups in total. The number of aromatic hydroxyl groups is 1. The van der Waals surface area contributed by atoms with E-state index in [4.69, 9.17) is 52.4 Å². The van der Waals surface area contributed by atoms with E-state index in [1.54, 1.807) is 48.7 Å². The number of aliphatic hydroxyl groups is 3. The summed E-state index contributed by atoms with van der Waals surface area (Å²) >= 11 is 0. The zero-order valence-electron chi connectivity index (χ0n) is 37.3. The number of hydrogen-bond donors (Lipinski definition) is 4. The van der Waals surface area contributed by atoms with Crippen molar-refractivity contribution in [3.05, 3.63) is 104 Å². The Morgan fingerprint density at radius 1 is 0.882 bits per heavy atom. The van der Waals surface area contributed by atoms with Crippen LogP contribution in [0.5, 0.6) is 28.7 Å². The summed E-state index contributed by atoms with van der Waals surface area (Å²) in [4.78, 5) is 43.3. The SMILES string of the molecule is CC[C@@]1(O)C(=O)OCc2c1cc1n(c2=O)Cc2cc3ccccc3nc2-1.COc1cc([C@@H]2c3cc4c(cc3[C@@H](O[C@@H]3O[C@@H]5CO[C@@H](C)O[C@H]5[C@H](O)[C@H]3O)[C@H]3COC(=O)[C@H]23)OCO4)cc(OC)c1O. The third-order valence-electron chi connectivity index (χ3n) is 14.2. The van der Waals surface area contributed by atoms with Crippen molar-refractivity contribution < 1.29 is 77.4 Å². The summed E-state index contributed by atoms with van der Waals surface area (Å²) in [5, 5.41) is 44.4. The van der Waals surface area contributed by atoms with Gasteiger partial charge in [0.05, 0.1) is 68.5 Å². The number of fused-ring (bicyclic) bond motifs is 9. The summed E-state index contributed by atoms with van der Waals surface area (Å²) in [6.45, 7) is 3.94. The molecule has 0 unspecified atom stereocenters. The lowest BCUT2D eigenvalue weighted by Crippen LogP contribution is -2.63. The van der Waals surface area contributed by atoms with E-state index in [-0.39, 0.29) is 55.8 Å². The molecule has 19 heteroatoms. The van der Waals surface area contributed by atoms with Crippen molar-refractivity contribution in [1.29, 1.82) is 0 Å². The summed E-state index contributed by atoms with van der Waals surface area (Å²) in [7, 11) is 2.86. The Morgan fingerprint density at radius 2 is 1.62 bits per heavy atom. The van der Waals surface area contributed by atoms with Crippen LogP contribution in [0.3, 0.4) is 0 Å². The van der Waals surface area contributed by atoms with Gasteiger partial charge in [-0.1, -0.05) is 25.1 Å². The topological polar surface area (TPSA) is 242 Å². The quantitative estimate of drug-likeness (QED) is 0.175. The van der Waals surface area contributed by atoms with Gasteiger partial charge in [-0.3, -0.25) is 9.59 Å². The smallest absolute Gasteiger partial charge is 0.343 e. The fraction of sp³-hybridized carbons (Fsp3) is 0.429. The van der Waals surface area contributed by atoms with Crippen molar-refractivity contribution in [3.63, 3.8) is 0 Å². The van der Waals surface area contributed by atoms with Crippen LogP contribution in [0.15, 0.2) is 65.5 Å². The van der Waals surface area contributed by atoms with Gasteiger partial charge in [0.25, 0.3) is 5.56 Å². The molecule has 0 spiro atoms. The molecule has 6 aliphatic heterocycles. The van der Waals surface area contributed by atoms with E-state index in [1.807, 2.05) is 30.3 Å². The molecule has 7 aliphatic rings. The average molecular weight is 937 g/mol. The minimum atomic E-state index is -1.79. The molecule has 3 aromatic carbocycles. The summed E-state index contributed by atoms with van der Waals surface area (Å²) in [6.07, 6.45) is -6.66. The number of aliphatic hydroxyl groups excluding tert-OH is 2. The zero-order chi connectivity index (χ0) is 47.3. The van der Waals surface area contributed by atoms with E-state index in [2.05, 4.69) is 0 Å². The number of benzene rings is 3. The van der Waals surface area contributed by atoms with Crippen LogP contribution in [-0.4, -0.2) is 113 Å². The number of para-hydroxylation sites is 1. The van der Waals surface area contributed by atoms with Crippen LogP contribution in [0.25, 0.3) is 22.3 Å². The number of phenolic OH excluding ortho intramolecular Hbond substituents is 1. The number of phenols is 1. The molecule has 356 valence electrons. The Morgan fingerprint density at radius 3 is 2.35 bits per heavy atom. The Labute approximate surface area is 387 Å². The number of carbonyl (C=O) groups is 2. The molecule has 5 aromatic rings. The van der Waals surface area contributed by atoms with Crippen LogP contribution in [0, 0.1) is 11.8 Å². The van der Waals surface area contributed by atoms with Crippen molar-refractivity contribution >= 4 is 22.8 Å². The van der Waals surface area contributed by atoms with E-state index in [1.165, 1.54) is 14.2 Å². The standard InChI is InChI=1S/C29H32O13.C20H16N2O4/c1-11-36-9-20-27(40-11)24(31)25(32)29(41-20)42-26-14-7-17-16(38-10-39-17)6-13(14)21(22-15(26)8-37-28(22)33)12-4-18(34-2)23(30)19(5-12)35-3;1-2-20(25)14-8-16-17-12(7-11-5-3-4-6-15(11)21-17)9-22(16)18(23)13(14)10-26-19(20)24/h4-7,11,15,20-22,24-27,29-32H,8-10H2,1-3H3;3-8,25H,2,9-10H2,1H3/t11-,15+,20-,21-,22+,24-,25-,26-,27-,29+;20-/m10/s1. The maximum absolute atomic E-state index is 13.4. The molecule has 19 nitrogen and oxygen atoms in total. The monoisotopic (exact) mass is 936 g/mol. The van der Waals surface area contributed by atoms with Gasteiger partial charge in [0.1, 0.15) is 31.0 Å². The molecule has 3 fully saturated rings. The highest BCUT2D eigenvalue weighted by atomic mass is 16.8. The molecular formula is C49H48N2O17. The second-order valence-corrected chi connectivity index (χ2v) is 17.8. The summed E-state index contributed by atoms with van der Waals surface area (Å²) in [5.41, 5.74) is 3.83. The van der Waals surface area contributed by atoms with Gasteiger partial charge in [0.15, 0.2) is 41.2 Å². The number of nitrogens with zero attached hydrogens (tertiary/aromatic N) is 2. The lowest BCUT2D eigenvalue weighted by Gasteiger charge is -2.47. The summed E-state index contributed by atoms with van der Waals surface area (Å²) in [5.74, 6) is -1.73. The maximum atomic E-state index is 13.4. The van der Waals surface area contributed by atoms with E-state index in [0.717, 1.165) is 22.2 Å². The largest absolute Gasteiger partial charge is 0.502 e. The molecule has 0 radical (unpaired) electrons. The van der Waals surface area contributed by atoms with Gasteiger partial charge in [-0.05, 0) is 72.5 Å². The van der Waals surface area contributed by atoms with E-state index < -0.39 is 78.4 Å². The van der Waals surface area contributed by atoms with E-state index in [9.17, 15) is 34.8 Å². The van der Waals surface area contributed by atoms with Crippen molar-refractivity contribution in [3.8, 4) is 40.1 Å². The van der Waals surface area contributed by atoms with Gasteiger partial charge in [-0.15, -0.1) is 0 Å². The summed E-state index contributed by atoms with van der Waals surface area (Å²) in [6, 6.07) is 18.5. The highest BCUT2D eigenvalue weighted by Crippen LogP contribution is 2.57. The first-order valence-corrected chi connectivity index (χ1v) is 22.4. The van der Waals surface area contributed by atoms with Gasteiger partial charge in [0, 0.05) is 28.3 Å². The van der Waals surface area contributed by atoms with Crippen molar-refractivity contribution in [2.24, 2.45) is 11.8 Å². The molecule has 1 aliphatic carbocycles. The lowest BCUT2D eigenvalue weighted by molar-refractivity contribution is -0.364. The van der Waals surface area contributed by atoms with Crippen LogP contribution in [0.2, 0.25) is 0 Å². The van der Waals surface area contributed by atoms with Crippen molar-refractivity contribution in [2.75, 3.05) is 34.2 Å². The molecule has 0 bridgehead atoms. The van der Waals surface area contributed by atoms with E-state index >= 15 is 0 Å². The molecule has 68 heavy (non-hydrogen) atoms. The third kappa shape index (κ3) is 6.89. The van der Waals surface area contributed by atoms with Gasteiger partial charge < -0.3 is 72.4 Å². The molecule has 12 rings (SSSR count). The second-order valence-electron chi connectivity index (χ2n) is 17.8. The van der Waals surface area contributed by atoms with Crippen LogP contribution < -0.4 is 24.5 Å². The van der Waals surface area contributed by atoms with Gasteiger partial charge in [-0.25, -0.2) is 9.78 Å². The van der Waals surface area contributed by atoms with Gasteiger partial charge >= 0.3 is 11.9 Å². The number of ether oxygens (including phenoxy) is 10. The number of methoxy groups -OCH3 is 2.